The number of hydrogen-bond donors (Lipinski definition) is 1. The molecule has 1 aromatic heterocycles. The SMILES string of the molecule is CCC(C)NC(=O)c1ccc(-c2ncccc2Cl)cc1. The van der Waals surface area contributed by atoms with E-state index in [-0.39, 0.29) is 11.9 Å². The van der Waals surface area contributed by atoms with Crippen LogP contribution in [-0.4, -0.2) is 16.9 Å². The van der Waals surface area contributed by atoms with Gasteiger partial charge in [0.05, 0.1) is 10.7 Å². The second-order valence-electron chi connectivity index (χ2n) is 4.69. The Morgan fingerprint density at radius 1 is 1.30 bits per heavy atom. The van der Waals surface area contributed by atoms with Crippen LogP contribution in [0, 0.1) is 0 Å². The predicted octanol–water partition coefficient (Wildman–Crippen LogP) is 3.93. The molecule has 1 amide bonds. The molecule has 4 heteroatoms. The topological polar surface area (TPSA) is 42.0 Å². The molecular formula is C16H17ClN2O. The number of carbonyl (C=O) groups excluding carboxylic acids is 1. The first-order valence-corrected chi connectivity index (χ1v) is 7.01. The molecule has 1 aromatic carbocycles. The number of carbonyl (C=O) groups is 1. The van der Waals surface area contributed by atoms with Crippen molar-refractivity contribution >= 4 is 17.5 Å². The summed E-state index contributed by atoms with van der Waals surface area (Å²) in [6.45, 7) is 4.02. The van der Waals surface area contributed by atoms with Gasteiger partial charge < -0.3 is 5.32 Å². The average Bonchev–Trinajstić information content (AvgIpc) is 2.47. The number of halogens is 1. The summed E-state index contributed by atoms with van der Waals surface area (Å²) in [7, 11) is 0. The van der Waals surface area contributed by atoms with E-state index >= 15 is 0 Å². The van der Waals surface area contributed by atoms with Crippen LogP contribution in [0.5, 0.6) is 0 Å². The fourth-order valence-electron chi connectivity index (χ4n) is 1.79. The first kappa shape index (κ1) is 14.5. The predicted molar refractivity (Wildman–Crippen MR) is 81.9 cm³/mol. The van der Waals surface area contributed by atoms with E-state index in [1.54, 1.807) is 30.5 Å². The van der Waals surface area contributed by atoms with Crippen LogP contribution in [0.4, 0.5) is 0 Å². The van der Waals surface area contributed by atoms with Crippen molar-refractivity contribution in [1.82, 2.24) is 10.3 Å². The molecule has 0 radical (unpaired) electrons. The zero-order valence-electron chi connectivity index (χ0n) is 11.6. The lowest BCUT2D eigenvalue weighted by Gasteiger charge is -2.11. The Hall–Kier alpha value is -1.87. The zero-order valence-corrected chi connectivity index (χ0v) is 12.3. The summed E-state index contributed by atoms with van der Waals surface area (Å²) in [5, 5.41) is 3.54. The van der Waals surface area contributed by atoms with Crippen LogP contribution >= 0.6 is 11.6 Å². The van der Waals surface area contributed by atoms with Gasteiger partial charge in [0, 0.05) is 23.4 Å². The van der Waals surface area contributed by atoms with Crippen LogP contribution in [-0.2, 0) is 0 Å². The number of aromatic nitrogens is 1. The van der Waals surface area contributed by atoms with Gasteiger partial charge in [-0.05, 0) is 37.6 Å². The summed E-state index contributed by atoms with van der Waals surface area (Å²) in [4.78, 5) is 16.2. The van der Waals surface area contributed by atoms with Crippen molar-refractivity contribution in [3.8, 4) is 11.3 Å². The van der Waals surface area contributed by atoms with E-state index < -0.39 is 0 Å². The second-order valence-corrected chi connectivity index (χ2v) is 5.10. The molecule has 2 aromatic rings. The molecule has 1 atom stereocenters. The molecule has 104 valence electrons. The highest BCUT2D eigenvalue weighted by Crippen LogP contribution is 2.25. The Morgan fingerprint density at radius 2 is 2.00 bits per heavy atom. The van der Waals surface area contributed by atoms with Crippen molar-refractivity contribution in [3.05, 3.63) is 53.2 Å². The van der Waals surface area contributed by atoms with Crippen molar-refractivity contribution in [2.45, 2.75) is 26.3 Å². The lowest BCUT2D eigenvalue weighted by Crippen LogP contribution is -2.31. The third kappa shape index (κ3) is 3.36. The third-order valence-corrected chi connectivity index (χ3v) is 3.47. The van der Waals surface area contributed by atoms with Gasteiger partial charge in [0.2, 0.25) is 0 Å². The van der Waals surface area contributed by atoms with Gasteiger partial charge in [0.1, 0.15) is 0 Å². The van der Waals surface area contributed by atoms with Crippen LogP contribution in [0.15, 0.2) is 42.6 Å². The van der Waals surface area contributed by atoms with E-state index in [1.165, 1.54) is 0 Å². The summed E-state index contributed by atoms with van der Waals surface area (Å²) >= 11 is 6.11. The fourth-order valence-corrected chi connectivity index (χ4v) is 2.02. The molecule has 0 bridgehead atoms. The van der Waals surface area contributed by atoms with Crippen LogP contribution < -0.4 is 5.32 Å². The van der Waals surface area contributed by atoms with Gasteiger partial charge in [-0.25, -0.2) is 0 Å². The molecule has 3 nitrogen and oxygen atoms in total. The maximum Gasteiger partial charge on any atom is 0.251 e. The van der Waals surface area contributed by atoms with Crippen molar-refractivity contribution in [3.63, 3.8) is 0 Å². The molecule has 1 heterocycles. The van der Waals surface area contributed by atoms with Gasteiger partial charge in [-0.1, -0.05) is 30.7 Å². The molecule has 0 aliphatic rings. The van der Waals surface area contributed by atoms with Crippen molar-refractivity contribution in [2.75, 3.05) is 0 Å². The quantitative estimate of drug-likeness (QED) is 0.926. The Morgan fingerprint density at radius 3 is 2.60 bits per heavy atom. The van der Waals surface area contributed by atoms with Gasteiger partial charge in [-0.2, -0.15) is 0 Å². The number of benzene rings is 1. The van der Waals surface area contributed by atoms with E-state index in [2.05, 4.69) is 10.3 Å². The smallest absolute Gasteiger partial charge is 0.251 e. The van der Waals surface area contributed by atoms with E-state index in [1.807, 2.05) is 26.0 Å². The maximum absolute atomic E-state index is 12.0. The molecule has 1 unspecified atom stereocenters. The number of nitrogens with one attached hydrogen (secondary N) is 1. The molecule has 2 rings (SSSR count). The van der Waals surface area contributed by atoms with Crippen LogP contribution in [0.2, 0.25) is 5.02 Å². The number of rotatable bonds is 4. The molecule has 0 fully saturated rings. The highest BCUT2D eigenvalue weighted by Gasteiger charge is 2.09. The van der Waals surface area contributed by atoms with E-state index in [0.717, 1.165) is 17.7 Å². The van der Waals surface area contributed by atoms with Gasteiger partial charge in [0.15, 0.2) is 0 Å². The lowest BCUT2D eigenvalue weighted by molar-refractivity contribution is 0.0939. The van der Waals surface area contributed by atoms with Crippen LogP contribution in [0.25, 0.3) is 11.3 Å². The minimum atomic E-state index is -0.0574. The van der Waals surface area contributed by atoms with Gasteiger partial charge in [0.25, 0.3) is 5.91 Å². The monoisotopic (exact) mass is 288 g/mol. The third-order valence-electron chi connectivity index (χ3n) is 3.17. The average molecular weight is 289 g/mol. The molecule has 0 aliphatic heterocycles. The number of hydrogen-bond acceptors (Lipinski definition) is 2. The normalized spacial score (nSPS) is 11.9. The lowest BCUT2D eigenvalue weighted by atomic mass is 10.1. The first-order valence-electron chi connectivity index (χ1n) is 6.63. The van der Waals surface area contributed by atoms with Gasteiger partial charge in [-0.3, -0.25) is 9.78 Å². The molecular weight excluding hydrogens is 272 g/mol. The van der Waals surface area contributed by atoms with Crippen LogP contribution in [0.3, 0.4) is 0 Å². The first-order chi connectivity index (χ1) is 9.61. The molecule has 0 saturated heterocycles. The number of amides is 1. The summed E-state index contributed by atoms with van der Waals surface area (Å²) in [6.07, 6.45) is 2.61. The summed E-state index contributed by atoms with van der Waals surface area (Å²) in [5.41, 5.74) is 2.26. The van der Waals surface area contributed by atoms with E-state index in [4.69, 9.17) is 11.6 Å². The van der Waals surface area contributed by atoms with Gasteiger partial charge in [-0.15, -0.1) is 0 Å². The Labute approximate surface area is 124 Å². The standard InChI is InChI=1S/C16H17ClN2O/c1-3-11(2)19-16(20)13-8-6-12(7-9-13)15-14(17)5-4-10-18-15/h4-11H,3H2,1-2H3,(H,19,20). The largest absolute Gasteiger partial charge is 0.350 e. The molecule has 0 spiro atoms. The minimum Gasteiger partial charge on any atom is -0.350 e. The summed E-state index contributed by atoms with van der Waals surface area (Å²) < 4.78 is 0. The van der Waals surface area contributed by atoms with Crippen molar-refractivity contribution in [2.24, 2.45) is 0 Å². The molecule has 20 heavy (non-hydrogen) atoms. The van der Waals surface area contributed by atoms with Crippen LogP contribution in [0.1, 0.15) is 30.6 Å². The second kappa shape index (κ2) is 6.53. The highest BCUT2D eigenvalue weighted by molar-refractivity contribution is 6.33. The van der Waals surface area contributed by atoms with Crippen molar-refractivity contribution < 1.29 is 4.79 Å². The summed E-state index contributed by atoms with van der Waals surface area (Å²) in [6, 6.07) is 11.1. The minimum absolute atomic E-state index is 0.0574. The van der Waals surface area contributed by atoms with E-state index in [9.17, 15) is 4.79 Å². The molecule has 0 saturated carbocycles. The summed E-state index contributed by atoms with van der Waals surface area (Å²) in [5.74, 6) is -0.0574. The molecule has 0 aliphatic carbocycles. The Balaban J connectivity index is 2.19. The zero-order chi connectivity index (χ0) is 14.5. The molecule has 1 N–H and O–H groups in total. The highest BCUT2D eigenvalue weighted by atomic mass is 35.5. The van der Waals surface area contributed by atoms with Crippen molar-refractivity contribution in [1.29, 1.82) is 0 Å². The maximum atomic E-state index is 12.0. The number of nitrogens with zero attached hydrogens (tertiary/aromatic N) is 1. The fraction of sp³-hybridized carbons (Fsp3) is 0.250. The van der Waals surface area contributed by atoms with Gasteiger partial charge >= 0.3 is 0 Å². The van der Waals surface area contributed by atoms with E-state index in [0.29, 0.717) is 10.6 Å². The number of pyridine rings is 1. The Kier molecular flexibility index (Phi) is 4.74. The Bertz CT molecular complexity index is 596.